The van der Waals surface area contributed by atoms with E-state index in [1.165, 1.54) is 44.1 Å². The van der Waals surface area contributed by atoms with E-state index in [1.54, 1.807) is 0 Å². The van der Waals surface area contributed by atoms with Gasteiger partial charge in [-0.3, -0.25) is 0 Å². The molecule has 112 valence electrons. The van der Waals surface area contributed by atoms with Gasteiger partial charge in [-0.1, -0.05) is 89.6 Å². The van der Waals surface area contributed by atoms with Gasteiger partial charge in [0.25, 0.3) is 0 Å². The lowest BCUT2D eigenvalue weighted by molar-refractivity contribution is -0.115. The quantitative estimate of drug-likeness (QED) is 0.392. The molecular formula is C19H30O. The summed E-state index contributed by atoms with van der Waals surface area (Å²) in [6.45, 7) is 6.38. The van der Waals surface area contributed by atoms with E-state index in [9.17, 15) is 4.79 Å². The Bertz CT molecular complexity index is 367. The van der Waals surface area contributed by atoms with E-state index in [1.807, 2.05) is 6.07 Å². The summed E-state index contributed by atoms with van der Waals surface area (Å²) < 4.78 is 0. The Kier molecular flexibility index (Phi) is 7.58. The van der Waals surface area contributed by atoms with Gasteiger partial charge in [-0.05, 0) is 17.9 Å². The van der Waals surface area contributed by atoms with Crippen LogP contribution in [0.5, 0.6) is 0 Å². The molecule has 0 aliphatic rings. The summed E-state index contributed by atoms with van der Waals surface area (Å²) in [7, 11) is 0. The maximum absolute atomic E-state index is 11.4. The molecule has 1 atom stereocenters. The molecule has 0 bridgehead atoms. The Morgan fingerprint density at radius 2 is 1.60 bits per heavy atom. The van der Waals surface area contributed by atoms with Crippen molar-refractivity contribution in [2.45, 2.75) is 71.6 Å². The molecule has 1 aromatic carbocycles. The number of hydrogen-bond donors (Lipinski definition) is 0. The number of aldehydes is 1. The average Bonchev–Trinajstić information content (AvgIpc) is 2.47. The molecule has 0 amide bonds. The number of benzene rings is 1. The predicted molar refractivity (Wildman–Crippen MR) is 87.0 cm³/mol. The molecule has 0 saturated heterocycles. The molecule has 0 aliphatic heterocycles. The molecule has 0 aromatic heterocycles. The lowest BCUT2D eigenvalue weighted by Crippen LogP contribution is -2.23. The van der Waals surface area contributed by atoms with Gasteiger partial charge in [0.15, 0.2) is 0 Å². The number of unbranched alkanes of at least 4 members (excludes halogenated alkanes) is 5. The molecule has 0 heterocycles. The summed E-state index contributed by atoms with van der Waals surface area (Å²) in [6.07, 6.45) is 10.1. The molecule has 1 heteroatoms. The second-order valence-electron chi connectivity index (χ2n) is 6.46. The van der Waals surface area contributed by atoms with Crippen LogP contribution in [0.4, 0.5) is 0 Å². The second kappa shape index (κ2) is 8.94. The van der Waals surface area contributed by atoms with Crippen molar-refractivity contribution in [3.63, 3.8) is 0 Å². The van der Waals surface area contributed by atoms with E-state index in [-0.39, 0.29) is 5.41 Å². The molecule has 1 nitrogen and oxygen atoms in total. The van der Waals surface area contributed by atoms with Crippen LogP contribution < -0.4 is 0 Å². The summed E-state index contributed by atoms with van der Waals surface area (Å²) >= 11 is 0. The zero-order valence-electron chi connectivity index (χ0n) is 13.4. The van der Waals surface area contributed by atoms with E-state index < -0.39 is 0 Å². The highest BCUT2D eigenvalue weighted by atomic mass is 16.1. The maximum Gasteiger partial charge on any atom is 0.126 e. The van der Waals surface area contributed by atoms with Crippen molar-refractivity contribution < 1.29 is 4.79 Å². The first-order chi connectivity index (χ1) is 9.61. The summed E-state index contributed by atoms with van der Waals surface area (Å²) in [6, 6.07) is 10.5. The Labute approximate surface area is 124 Å². The molecule has 20 heavy (non-hydrogen) atoms. The lowest BCUT2D eigenvalue weighted by Gasteiger charge is -2.30. The van der Waals surface area contributed by atoms with Gasteiger partial charge < -0.3 is 4.79 Å². The third-order valence-corrected chi connectivity index (χ3v) is 4.25. The van der Waals surface area contributed by atoms with Crippen LogP contribution in [0.3, 0.4) is 0 Å². The molecule has 0 radical (unpaired) electrons. The Balaban J connectivity index is 2.55. The smallest absolute Gasteiger partial charge is 0.126 e. The van der Waals surface area contributed by atoms with Gasteiger partial charge in [0, 0.05) is 5.41 Å². The van der Waals surface area contributed by atoms with Crippen LogP contribution in [0.1, 0.15) is 77.2 Å². The van der Waals surface area contributed by atoms with Gasteiger partial charge in [0.1, 0.15) is 6.29 Å². The van der Waals surface area contributed by atoms with Gasteiger partial charge >= 0.3 is 0 Å². The van der Waals surface area contributed by atoms with Crippen LogP contribution >= 0.6 is 0 Å². The maximum atomic E-state index is 11.4. The summed E-state index contributed by atoms with van der Waals surface area (Å²) in [4.78, 5) is 11.4. The minimum atomic E-state index is -0.273. The first-order valence-electron chi connectivity index (χ1n) is 8.13. The van der Waals surface area contributed by atoms with Gasteiger partial charge in [-0.2, -0.15) is 0 Å². The molecule has 1 aromatic rings. The SMILES string of the molecule is CCCCCCCCC(c1ccccc1)C(C)(C)C=O. The van der Waals surface area contributed by atoms with Gasteiger partial charge in [0.05, 0.1) is 0 Å². The Morgan fingerprint density at radius 1 is 1.00 bits per heavy atom. The fourth-order valence-electron chi connectivity index (χ4n) is 2.86. The van der Waals surface area contributed by atoms with Crippen molar-refractivity contribution in [2.24, 2.45) is 5.41 Å². The fraction of sp³-hybridized carbons (Fsp3) is 0.632. The van der Waals surface area contributed by atoms with Crippen molar-refractivity contribution in [1.82, 2.24) is 0 Å². The number of rotatable bonds is 10. The molecule has 0 spiro atoms. The minimum Gasteiger partial charge on any atom is -0.303 e. The third-order valence-electron chi connectivity index (χ3n) is 4.25. The van der Waals surface area contributed by atoms with Crippen LogP contribution in [0.2, 0.25) is 0 Å². The zero-order chi connectivity index (χ0) is 14.8. The zero-order valence-corrected chi connectivity index (χ0v) is 13.4. The predicted octanol–water partition coefficient (Wildman–Crippen LogP) is 5.75. The molecule has 1 rings (SSSR count). The topological polar surface area (TPSA) is 17.1 Å². The van der Waals surface area contributed by atoms with Crippen molar-refractivity contribution in [3.05, 3.63) is 35.9 Å². The summed E-state index contributed by atoms with van der Waals surface area (Å²) in [5.74, 6) is 0.340. The van der Waals surface area contributed by atoms with Crippen molar-refractivity contribution in [1.29, 1.82) is 0 Å². The molecule has 1 unspecified atom stereocenters. The highest BCUT2D eigenvalue weighted by Gasteiger charge is 2.29. The standard InChI is InChI=1S/C19H30O/c1-4-5-6-7-8-12-15-18(19(2,3)16-20)17-13-10-9-11-14-17/h9-11,13-14,16,18H,4-8,12,15H2,1-3H3. The van der Waals surface area contributed by atoms with E-state index in [0.717, 1.165) is 12.7 Å². The number of hydrogen-bond acceptors (Lipinski definition) is 1. The molecule has 0 saturated carbocycles. The van der Waals surface area contributed by atoms with E-state index in [0.29, 0.717) is 5.92 Å². The highest BCUT2D eigenvalue weighted by Crippen LogP contribution is 2.37. The molecular weight excluding hydrogens is 244 g/mol. The van der Waals surface area contributed by atoms with Crippen LogP contribution in [0.25, 0.3) is 0 Å². The van der Waals surface area contributed by atoms with Gasteiger partial charge in [-0.15, -0.1) is 0 Å². The van der Waals surface area contributed by atoms with Crippen molar-refractivity contribution in [2.75, 3.05) is 0 Å². The van der Waals surface area contributed by atoms with Crippen molar-refractivity contribution >= 4 is 6.29 Å². The molecule has 0 N–H and O–H groups in total. The van der Waals surface area contributed by atoms with Gasteiger partial charge in [-0.25, -0.2) is 0 Å². The Hall–Kier alpha value is -1.11. The van der Waals surface area contributed by atoms with Crippen LogP contribution in [-0.2, 0) is 4.79 Å². The Morgan fingerprint density at radius 3 is 2.20 bits per heavy atom. The number of carbonyl (C=O) groups is 1. The van der Waals surface area contributed by atoms with E-state index in [4.69, 9.17) is 0 Å². The van der Waals surface area contributed by atoms with Gasteiger partial charge in [0.2, 0.25) is 0 Å². The monoisotopic (exact) mass is 274 g/mol. The van der Waals surface area contributed by atoms with Crippen LogP contribution in [0.15, 0.2) is 30.3 Å². The lowest BCUT2D eigenvalue weighted by atomic mass is 9.73. The normalized spacial score (nSPS) is 13.2. The third kappa shape index (κ3) is 5.48. The second-order valence-corrected chi connectivity index (χ2v) is 6.46. The summed E-state index contributed by atoms with van der Waals surface area (Å²) in [5, 5.41) is 0. The summed E-state index contributed by atoms with van der Waals surface area (Å²) in [5.41, 5.74) is 1.03. The van der Waals surface area contributed by atoms with Crippen LogP contribution in [0, 0.1) is 5.41 Å². The minimum absolute atomic E-state index is 0.273. The largest absolute Gasteiger partial charge is 0.303 e. The van der Waals surface area contributed by atoms with E-state index >= 15 is 0 Å². The molecule has 0 aliphatic carbocycles. The first kappa shape index (κ1) is 16.9. The fourth-order valence-corrected chi connectivity index (χ4v) is 2.86. The van der Waals surface area contributed by atoms with Crippen molar-refractivity contribution in [3.8, 4) is 0 Å². The highest BCUT2D eigenvalue weighted by molar-refractivity contribution is 5.60. The van der Waals surface area contributed by atoms with E-state index in [2.05, 4.69) is 45.0 Å². The average molecular weight is 274 g/mol. The number of carbonyl (C=O) groups excluding carboxylic acids is 1. The first-order valence-corrected chi connectivity index (χ1v) is 8.13. The van der Waals surface area contributed by atoms with Crippen LogP contribution in [-0.4, -0.2) is 6.29 Å². The molecule has 0 fully saturated rings.